The van der Waals surface area contributed by atoms with E-state index in [1.54, 1.807) is 13.0 Å². The first-order chi connectivity index (χ1) is 4.85. The van der Waals surface area contributed by atoms with Crippen LogP contribution in [0.4, 0.5) is 0 Å². The highest BCUT2D eigenvalue weighted by Crippen LogP contribution is 1.80. The average Bonchev–Trinajstić information content (AvgIpc) is 1.98. The van der Waals surface area contributed by atoms with Crippen molar-refractivity contribution in [2.24, 2.45) is 9.98 Å². The molecule has 0 amide bonds. The van der Waals surface area contributed by atoms with Gasteiger partial charge in [-0.3, -0.25) is 0 Å². The zero-order valence-electron chi connectivity index (χ0n) is 6.07. The molecule has 0 aromatic rings. The van der Waals surface area contributed by atoms with Crippen molar-refractivity contribution in [2.75, 3.05) is 0 Å². The Kier molecular flexibility index (Phi) is 4.89. The Balaban J connectivity index is 4.22. The number of allylic oxidation sites excluding steroid dienone is 1. The summed E-state index contributed by atoms with van der Waals surface area (Å²) in [7, 11) is 0. The molecule has 0 fully saturated rings. The van der Waals surface area contributed by atoms with Crippen LogP contribution in [0.25, 0.3) is 0 Å². The van der Waals surface area contributed by atoms with Gasteiger partial charge in [0.1, 0.15) is 6.07 Å². The molecule has 0 aromatic carbocycles. The fourth-order valence-electron chi connectivity index (χ4n) is 0.358. The third-order valence-electron chi connectivity index (χ3n) is 0.697. The smallest absolute Gasteiger partial charge is 0.231 e. The molecule has 0 spiro atoms. The topological polar surface area (TPSA) is 48.5 Å². The predicted octanol–water partition coefficient (Wildman–Crippen LogP) is 1.53. The Bertz CT molecular complexity index is 205. The van der Waals surface area contributed by atoms with Gasteiger partial charge in [-0.1, -0.05) is 6.08 Å². The highest BCUT2D eigenvalue weighted by Gasteiger charge is 1.84. The van der Waals surface area contributed by atoms with E-state index >= 15 is 0 Å². The zero-order chi connectivity index (χ0) is 7.82. The number of amidine groups is 1. The summed E-state index contributed by atoms with van der Waals surface area (Å²) in [6.07, 6.45) is 4.81. The molecule has 3 heteroatoms. The zero-order valence-corrected chi connectivity index (χ0v) is 6.07. The maximum Gasteiger partial charge on any atom is 0.231 e. The van der Waals surface area contributed by atoms with Crippen LogP contribution in [-0.4, -0.2) is 12.1 Å². The molecule has 52 valence electrons. The largest absolute Gasteiger partial charge is 0.232 e. The predicted molar refractivity (Wildman–Crippen MR) is 42.0 cm³/mol. The van der Waals surface area contributed by atoms with Crippen LogP contribution in [0.1, 0.15) is 13.8 Å². The minimum Gasteiger partial charge on any atom is -0.232 e. The fourth-order valence-corrected chi connectivity index (χ4v) is 0.358. The van der Waals surface area contributed by atoms with Gasteiger partial charge in [0, 0.05) is 12.4 Å². The van der Waals surface area contributed by atoms with Crippen LogP contribution >= 0.6 is 0 Å². The van der Waals surface area contributed by atoms with Gasteiger partial charge < -0.3 is 0 Å². The fraction of sp³-hybridized carbons (Fsp3) is 0.286. The van der Waals surface area contributed by atoms with Crippen LogP contribution < -0.4 is 0 Å². The molecule has 0 saturated heterocycles. The normalized spacial score (nSPS) is 12.7. The second-order valence-corrected chi connectivity index (χ2v) is 1.43. The number of rotatable bonds is 1. The summed E-state index contributed by atoms with van der Waals surface area (Å²) in [4.78, 5) is 7.42. The van der Waals surface area contributed by atoms with E-state index in [1.807, 2.05) is 13.0 Å². The van der Waals surface area contributed by atoms with E-state index in [9.17, 15) is 0 Å². The Morgan fingerprint density at radius 1 is 1.50 bits per heavy atom. The number of nitriles is 1. The van der Waals surface area contributed by atoms with E-state index in [0.717, 1.165) is 0 Å². The van der Waals surface area contributed by atoms with Crippen LogP contribution in [0.3, 0.4) is 0 Å². The third-order valence-corrected chi connectivity index (χ3v) is 0.697. The molecule has 0 atom stereocenters. The van der Waals surface area contributed by atoms with Gasteiger partial charge in [-0.05, 0) is 13.8 Å². The highest BCUT2D eigenvalue weighted by atomic mass is 14.9. The van der Waals surface area contributed by atoms with Crippen LogP contribution in [0.2, 0.25) is 0 Å². The Hall–Kier alpha value is -1.43. The quantitative estimate of drug-likeness (QED) is 0.397. The lowest BCUT2D eigenvalue weighted by Gasteiger charge is -1.80. The molecular weight excluding hydrogens is 126 g/mol. The summed E-state index contributed by atoms with van der Waals surface area (Å²) >= 11 is 0. The number of hydrogen-bond acceptors (Lipinski definition) is 2. The second kappa shape index (κ2) is 5.70. The van der Waals surface area contributed by atoms with E-state index < -0.39 is 0 Å². The van der Waals surface area contributed by atoms with Crippen molar-refractivity contribution in [1.29, 1.82) is 5.26 Å². The maximum absolute atomic E-state index is 8.36. The summed E-state index contributed by atoms with van der Waals surface area (Å²) < 4.78 is 0. The second-order valence-electron chi connectivity index (χ2n) is 1.43. The van der Waals surface area contributed by atoms with Crippen molar-refractivity contribution in [3.63, 3.8) is 0 Å². The highest BCUT2D eigenvalue weighted by molar-refractivity contribution is 6.01. The van der Waals surface area contributed by atoms with E-state index in [-0.39, 0.29) is 5.84 Å². The van der Waals surface area contributed by atoms with Gasteiger partial charge in [-0.25, -0.2) is 9.98 Å². The monoisotopic (exact) mass is 135 g/mol. The van der Waals surface area contributed by atoms with Crippen molar-refractivity contribution < 1.29 is 0 Å². The summed E-state index contributed by atoms with van der Waals surface area (Å²) in [5.74, 6) is 0.181. The number of hydrogen-bond donors (Lipinski definition) is 0. The maximum atomic E-state index is 8.36. The summed E-state index contributed by atoms with van der Waals surface area (Å²) in [6, 6.07) is 1.84. The molecule has 0 heterocycles. The first-order valence-electron chi connectivity index (χ1n) is 2.93. The number of aliphatic imine (C=N–C) groups is 2. The molecule has 0 saturated carbocycles. The SMILES string of the molecule is C\C=C/N=C(C#N)\N=C/C. The molecule has 0 aliphatic rings. The molecule has 0 aromatic heterocycles. The Morgan fingerprint density at radius 3 is 2.60 bits per heavy atom. The van der Waals surface area contributed by atoms with Gasteiger partial charge in [-0.2, -0.15) is 5.26 Å². The molecule has 0 unspecified atom stereocenters. The first-order valence-corrected chi connectivity index (χ1v) is 2.93. The molecule has 0 aliphatic carbocycles. The summed E-state index contributed by atoms with van der Waals surface area (Å²) in [6.45, 7) is 3.57. The standard InChI is InChI=1S/C7H9N3/c1-3-5-10-7(6-8)9-4-2/h3-5H,1-2H3/b5-3-,9-4-,10-7-. The lowest BCUT2D eigenvalue weighted by molar-refractivity contribution is 1.46. The van der Waals surface area contributed by atoms with Gasteiger partial charge in [-0.15, -0.1) is 0 Å². The van der Waals surface area contributed by atoms with Crippen molar-refractivity contribution >= 4 is 12.1 Å². The lowest BCUT2D eigenvalue weighted by atomic mass is 10.6. The van der Waals surface area contributed by atoms with Gasteiger partial charge in [0.05, 0.1) is 0 Å². The summed E-state index contributed by atoms with van der Waals surface area (Å²) in [5.41, 5.74) is 0. The van der Waals surface area contributed by atoms with Crippen molar-refractivity contribution in [1.82, 2.24) is 0 Å². The van der Waals surface area contributed by atoms with Crippen LogP contribution in [0.15, 0.2) is 22.3 Å². The molecule has 3 nitrogen and oxygen atoms in total. The molecule has 0 aliphatic heterocycles. The van der Waals surface area contributed by atoms with Crippen molar-refractivity contribution in [3.8, 4) is 6.07 Å². The van der Waals surface area contributed by atoms with Crippen LogP contribution in [0.5, 0.6) is 0 Å². The van der Waals surface area contributed by atoms with E-state index in [0.29, 0.717) is 0 Å². The van der Waals surface area contributed by atoms with E-state index in [4.69, 9.17) is 5.26 Å². The molecular formula is C7H9N3. The minimum atomic E-state index is 0.181. The Labute approximate surface area is 60.4 Å². The van der Waals surface area contributed by atoms with Crippen LogP contribution in [-0.2, 0) is 0 Å². The van der Waals surface area contributed by atoms with Gasteiger partial charge in [0.15, 0.2) is 0 Å². The van der Waals surface area contributed by atoms with Gasteiger partial charge >= 0.3 is 0 Å². The van der Waals surface area contributed by atoms with E-state index in [1.165, 1.54) is 12.4 Å². The molecule has 10 heavy (non-hydrogen) atoms. The molecule has 0 bridgehead atoms. The Morgan fingerprint density at radius 2 is 2.20 bits per heavy atom. The molecule has 0 N–H and O–H groups in total. The van der Waals surface area contributed by atoms with Crippen molar-refractivity contribution in [2.45, 2.75) is 13.8 Å². The summed E-state index contributed by atoms with van der Waals surface area (Å²) in [5, 5.41) is 8.36. The van der Waals surface area contributed by atoms with Gasteiger partial charge in [0.2, 0.25) is 5.84 Å². The van der Waals surface area contributed by atoms with Crippen molar-refractivity contribution in [3.05, 3.63) is 12.3 Å². The molecule has 0 radical (unpaired) electrons. The molecule has 0 rings (SSSR count). The van der Waals surface area contributed by atoms with Gasteiger partial charge in [0.25, 0.3) is 0 Å². The number of nitrogens with zero attached hydrogens (tertiary/aromatic N) is 3. The van der Waals surface area contributed by atoms with Crippen LogP contribution in [0, 0.1) is 11.3 Å². The minimum absolute atomic E-state index is 0.181. The first kappa shape index (κ1) is 8.57. The third kappa shape index (κ3) is 3.56. The van der Waals surface area contributed by atoms with E-state index in [2.05, 4.69) is 9.98 Å². The lowest BCUT2D eigenvalue weighted by Crippen LogP contribution is -1.85. The average molecular weight is 135 g/mol.